The van der Waals surface area contributed by atoms with Gasteiger partial charge in [-0.25, -0.2) is 4.98 Å². The van der Waals surface area contributed by atoms with E-state index >= 15 is 0 Å². The average Bonchev–Trinajstić information content (AvgIpc) is 3.03. The number of hydrogen-bond donors (Lipinski definition) is 2. The molecule has 0 aliphatic carbocycles. The summed E-state index contributed by atoms with van der Waals surface area (Å²) in [4.78, 5) is 27.9. The fraction of sp³-hybridized carbons (Fsp3) is 0.118. The van der Waals surface area contributed by atoms with Crippen molar-refractivity contribution >= 4 is 23.1 Å². The van der Waals surface area contributed by atoms with E-state index < -0.39 is 0 Å². The first-order valence-electron chi connectivity index (χ1n) is 7.46. The number of hydrogen-bond acceptors (Lipinski definition) is 4. The summed E-state index contributed by atoms with van der Waals surface area (Å²) < 4.78 is 7.04. The molecule has 0 radical (unpaired) electrons. The number of carbonyl (C=O) groups is 2. The number of rotatable bonds is 3. The maximum Gasteiger partial charge on any atom is 0.270 e. The van der Waals surface area contributed by atoms with Gasteiger partial charge in [0.25, 0.3) is 11.8 Å². The summed E-state index contributed by atoms with van der Waals surface area (Å²) >= 11 is 0. The summed E-state index contributed by atoms with van der Waals surface area (Å²) in [7, 11) is 0. The molecule has 0 bridgehead atoms. The van der Waals surface area contributed by atoms with E-state index in [9.17, 15) is 9.59 Å². The van der Waals surface area contributed by atoms with E-state index in [2.05, 4.69) is 15.6 Å². The Labute approximate surface area is 137 Å². The Kier molecular flexibility index (Phi) is 3.38. The van der Waals surface area contributed by atoms with E-state index in [1.54, 1.807) is 28.9 Å². The van der Waals surface area contributed by atoms with Crippen LogP contribution >= 0.6 is 0 Å². The minimum atomic E-state index is -0.216. The number of ether oxygens (including phenoxy) is 1. The molecule has 3 aromatic rings. The van der Waals surface area contributed by atoms with E-state index in [4.69, 9.17) is 4.74 Å². The molecule has 24 heavy (non-hydrogen) atoms. The third-order valence-corrected chi connectivity index (χ3v) is 3.78. The van der Waals surface area contributed by atoms with E-state index in [0.717, 1.165) is 11.2 Å². The lowest BCUT2D eigenvalue weighted by Crippen LogP contribution is -2.26. The second kappa shape index (κ2) is 5.69. The quantitative estimate of drug-likeness (QED) is 0.767. The molecule has 0 fully saturated rings. The van der Waals surface area contributed by atoms with Gasteiger partial charge in [-0.05, 0) is 29.8 Å². The highest BCUT2D eigenvalue weighted by molar-refractivity contribution is 5.95. The van der Waals surface area contributed by atoms with Crippen molar-refractivity contribution < 1.29 is 14.3 Å². The molecule has 1 aromatic carbocycles. The SMILES string of the molecule is O=C1COc2ccc(CNC(=O)c3cnc4ccccn34)cc2N1. The fourth-order valence-electron chi connectivity index (χ4n) is 2.61. The first-order valence-corrected chi connectivity index (χ1v) is 7.46. The van der Waals surface area contributed by atoms with Crippen LogP contribution in [0.5, 0.6) is 5.75 Å². The fourth-order valence-corrected chi connectivity index (χ4v) is 2.61. The summed E-state index contributed by atoms with van der Waals surface area (Å²) in [5, 5.41) is 5.61. The van der Waals surface area contributed by atoms with Gasteiger partial charge in [0, 0.05) is 12.7 Å². The van der Waals surface area contributed by atoms with Crippen molar-refractivity contribution in [3.05, 3.63) is 60.0 Å². The van der Waals surface area contributed by atoms with E-state index in [0.29, 0.717) is 23.7 Å². The summed E-state index contributed by atoms with van der Waals surface area (Å²) in [6.45, 7) is 0.361. The van der Waals surface area contributed by atoms with Crippen molar-refractivity contribution in [2.24, 2.45) is 0 Å². The zero-order chi connectivity index (χ0) is 16.5. The molecule has 3 heterocycles. The van der Waals surface area contributed by atoms with E-state index in [1.165, 1.54) is 0 Å². The lowest BCUT2D eigenvalue weighted by molar-refractivity contribution is -0.118. The number of aromatic nitrogens is 2. The van der Waals surface area contributed by atoms with Gasteiger partial charge in [-0.15, -0.1) is 0 Å². The lowest BCUT2D eigenvalue weighted by Gasteiger charge is -2.18. The minimum Gasteiger partial charge on any atom is -0.482 e. The van der Waals surface area contributed by atoms with Gasteiger partial charge in [0.15, 0.2) is 6.61 Å². The van der Waals surface area contributed by atoms with Crippen LogP contribution in [0.3, 0.4) is 0 Å². The number of nitrogens with zero attached hydrogens (tertiary/aromatic N) is 2. The van der Waals surface area contributed by atoms with Gasteiger partial charge in [0.1, 0.15) is 17.1 Å². The average molecular weight is 322 g/mol. The van der Waals surface area contributed by atoms with Gasteiger partial charge < -0.3 is 15.4 Å². The molecule has 0 saturated carbocycles. The molecule has 7 heteroatoms. The predicted molar refractivity (Wildman–Crippen MR) is 86.9 cm³/mol. The maximum atomic E-state index is 12.4. The Hall–Kier alpha value is -3.35. The summed E-state index contributed by atoms with van der Waals surface area (Å²) in [5.41, 5.74) is 2.67. The number of benzene rings is 1. The number of anilines is 1. The molecule has 1 aliphatic rings. The topological polar surface area (TPSA) is 84.7 Å². The molecule has 2 aromatic heterocycles. The molecule has 7 nitrogen and oxygen atoms in total. The van der Waals surface area contributed by atoms with Crippen molar-refractivity contribution in [1.82, 2.24) is 14.7 Å². The van der Waals surface area contributed by atoms with E-state index in [1.807, 2.05) is 24.3 Å². The predicted octanol–water partition coefficient (Wildman–Crippen LogP) is 1.60. The van der Waals surface area contributed by atoms with Crippen molar-refractivity contribution in [2.45, 2.75) is 6.54 Å². The van der Waals surface area contributed by atoms with Crippen LogP contribution in [0.1, 0.15) is 16.1 Å². The van der Waals surface area contributed by atoms with Crippen LogP contribution in [0.4, 0.5) is 5.69 Å². The summed E-state index contributed by atoms with van der Waals surface area (Å²) in [6, 6.07) is 11.0. The number of imidazole rings is 1. The van der Waals surface area contributed by atoms with Gasteiger partial charge in [-0.2, -0.15) is 0 Å². The Morgan fingerprint density at radius 1 is 1.33 bits per heavy atom. The van der Waals surface area contributed by atoms with Gasteiger partial charge >= 0.3 is 0 Å². The van der Waals surface area contributed by atoms with Gasteiger partial charge in [-0.3, -0.25) is 14.0 Å². The summed E-state index contributed by atoms with van der Waals surface area (Å²) in [6.07, 6.45) is 3.34. The number of carbonyl (C=O) groups excluding carboxylic acids is 2. The zero-order valence-corrected chi connectivity index (χ0v) is 12.7. The molecule has 2 amide bonds. The number of pyridine rings is 1. The highest BCUT2D eigenvalue weighted by Crippen LogP contribution is 2.28. The molecule has 4 rings (SSSR count). The molecule has 0 atom stereocenters. The van der Waals surface area contributed by atoms with Crippen molar-refractivity contribution in [2.75, 3.05) is 11.9 Å². The zero-order valence-electron chi connectivity index (χ0n) is 12.7. The van der Waals surface area contributed by atoms with Gasteiger partial charge in [-0.1, -0.05) is 12.1 Å². The van der Waals surface area contributed by atoms with Crippen LogP contribution in [0, 0.1) is 0 Å². The molecule has 0 unspecified atom stereocenters. The second-order valence-corrected chi connectivity index (χ2v) is 5.42. The van der Waals surface area contributed by atoms with Gasteiger partial charge in [0.2, 0.25) is 0 Å². The number of amides is 2. The molecule has 1 aliphatic heterocycles. The first-order chi connectivity index (χ1) is 11.7. The lowest BCUT2D eigenvalue weighted by atomic mass is 10.1. The highest BCUT2D eigenvalue weighted by Gasteiger charge is 2.16. The van der Waals surface area contributed by atoms with Crippen LogP contribution < -0.4 is 15.4 Å². The van der Waals surface area contributed by atoms with Crippen molar-refractivity contribution in [3.63, 3.8) is 0 Å². The van der Waals surface area contributed by atoms with Crippen molar-refractivity contribution in [3.8, 4) is 5.75 Å². The van der Waals surface area contributed by atoms with Crippen LogP contribution in [0.15, 0.2) is 48.8 Å². The molecular formula is C17H14N4O3. The number of nitrogens with one attached hydrogen (secondary N) is 2. The van der Waals surface area contributed by atoms with E-state index in [-0.39, 0.29) is 18.4 Å². The van der Waals surface area contributed by atoms with Crippen LogP contribution in [-0.4, -0.2) is 27.8 Å². The normalized spacial score (nSPS) is 13.1. The van der Waals surface area contributed by atoms with Crippen LogP contribution in [-0.2, 0) is 11.3 Å². The highest BCUT2D eigenvalue weighted by atomic mass is 16.5. The second-order valence-electron chi connectivity index (χ2n) is 5.42. The monoisotopic (exact) mass is 322 g/mol. The van der Waals surface area contributed by atoms with Gasteiger partial charge in [0.05, 0.1) is 11.9 Å². The molecule has 0 saturated heterocycles. The largest absolute Gasteiger partial charge is 0.482 e. The molecule has 2 N–H and O–H groups in total. The van der Waals surface area contributed by atoms with Crippen LogP contribution in [0.2, 0.25) is 0 Å². The molecular weight excluding hydrogens is 308 g/mol. The third kappa shape index (κ3) is 2.56. The Morgan fingerprint density at radius 2 is 2.25 bits per heavy atom. The Bertz CT molecular complexity index is 948. The van der Waals surface area contributed by atoms with Crippen LogP contribution in [0.25, 0.3) is 5.65 Å². The Morgan fingerprint density at radius 3 is 3.17 bits per heavy atom. The maximum absolute atomic E-state index is 12.4. The minimum absolute atomic E-state index is 0.0252. The first kappa shape index (κ1) is 14.3. The standard InChI is InChI=1S/C17H14N4O3/c22-16-10-24-14-5-4-11(7-12(14)20-16)8-19-17(23)13-9-18-15-3-1-2-6-21(13)15/h1-7,9H,8,10H2,(H,19,23)(H,20,22). The Balaban J connectivity index is 1.50. The number of fused-ring (bicyclic) bond motifs is 2. The van der Waals surface area contributed by atoms with Crippen molar-refractivity contribution in [1.29, 1.82) is 0 Å². The molecule has 120 valence electrons. The summed E-state index contributed by atoms with van der Waals surface area (Å²) in [5.74, 6) is 0.229. The molecule has 0 spiro atoms. The smallest absolute Gasteiger partial charge is 0.270 e. The third-order valence-electron chi connectivity index (χ3n) is 3.78.